The summed E-state index contributed by atoms with van der Waals surface area (Å²) in [7, 11) is -3.27. The van der Waals surface area contributed by atoms with Gasteiger partial charge < -0.3 is 10.4 Å². The average molecular weight is 317 g/mol. The first-order valence-corrected chi connectivity index (χ1v) is 7.80. The molecule has 0 bridgehead atoms. The van der Waals surface area contributed by atoms with Gasteiger partial charge in [-0.15, -0.1) is 0 Å². The summed E-state index contributed by atoms with van der Waals surface area (Å²) >= 11 is 0. The van der Waals surface area contributed by atoms with E-state index < -0.39 is 20.9 Å². The Balaban J connectivity index is 2.70. The van der Waals surface area contributed by atoms with Gasteiger partial charge in [0.1, 0.15) is 0 Å². The normalized spacial score (nSPS) is 11.1. The van der Waals surface area contributed by atoms with Crippen LogP contribution in [0.1, 0.15) is 16.8 Å². The number of sulfonamides is 1. The van der Waals surface area contributed by atoms with E-state index in [1.807, 2.05) is 0 Å². The predicted octanol–water partition coefficient (Wildman–Crippen LogP) is 0.644. The number of rotatable bonds is 8. The van der Waals surface area contributed by atoms with Crippen LogP contribution in [0.5, 0.6) is 0 Å². The van der Waals surface area contributed by atoms with Crippen LogP contribution in [-0.4, -0.2) is 43.8 Å². The second-order valence-electron chi connectivity index (χ2n) is 4.24. The molecule has 0 fully saturated rings. The van der Waals surface area contributed by atoms with Crippen molar-refractivity contribution in [1.29, 1.82) is 0 Å². The zero-order valence-corrected chi connectivity index (χ0v) is 12.0. The molecule has 10 heteroatoms. The highest BCUT2D eigenvalue weighted by molar-refractivity contribution is 7.88. The van der Waals surface area contributed by atoms with Gasteiger partial charge >= 0.3 is 5.97 Å². The lowest BCUT2D eigenvalue weighted by Gasteiger charge is -2.09. The van der Waals surface area contributed by atoms with Crippen molar-refractivity contribution >= 4 is 27.4 Å². The van der Waals surface area contributed by atoms with Crippen LogP contribution < -0.4 is 10.0 Å². The lowest BCUT2D eigenvalue weighted by Crippen LogP contribution is -2.24. The first-order chi connectivity index (χ1) is 9.70. The van der Waals surface area contributed by atoms with Crippen molar-refractivity contribution in [1.82, 2.24) is 4.72 Å². The Morgan fingerprint density at radius 2 is 2.05 bits per heavy atom. The number of non-ortho nitro benzene ring substituents is 1. The van der Waals surface area contributed by atoms with Gasteiger partial charge in [-0.2, -0.15) is 0 Å². The predicted molar refractivity (Wildman–Crippen MR) is 76.0 cm³/mol. The Labute approximate surface area is 121 Å². The molecule has 0 aliphatic rings. The van der Waals surface area contributed by atoms with Gasteiger partial charge in [0, 0.05) is 25.2 Å². The van der Waals surface area contributed by atoms with Crippen molar-refractivity contribution in [3.63, 3.8) is 0 Å². The van der Waals surface area contributed by atoms with Gasteiger partial charge in [-0.1, -0.05) is 0 Å². The highest BCUT2D eigenvalue weighted by Gasteiger charge is 2.15. The lowest BCUT2D eigenvalue weighted by molar-refractivity contribution is -0.384. The second-order valence-corrected chi connectivity index (χ2v) is 6.07. The highest BCUT2D eigenvalue weighted by atomic mass is 32.2. The van der Waals surface area contributed by atoms with Crippen LogP contribution in [0, 0.1) is 10.1 Å². The molecule has 0 radical (unpaired) electrons. The zero-order chi connectivity index (χ0) is 16.0. The molecule has 21 heavy (non-hydrogen) atoms. The number of benzene rings is 1. The van der Waals surface area contributed by atoms with Crippen LogP contribution in [0.3, 0.4) is 0 Å². The highest BCUT2D eigenvalue weighted by Crippen LogP contribution is 2.22. The van der Waals surface area contributed by atoms with Crippen LogP contribution in [0.25, 0.3) is 0 Å². The molecule has 0 aromatic heterocycles. The van der Waals surface area contributed by atoms with Crippen molar-refractivity contribution in [2.45, 2.75) is 6.42 Å². The van der Waals surface area contributed by atoms with Gasteiger partial charge in [-0.3, -0.25) is 10.1 Å². The molecule has 0 aliphatic carbocycles. The molecule has 0 amide bonds. The van der Waals surface area contributed by atoms with E-state index in [1.165, 1.54) is 0 Å². The van der Waals surface area contributed by atoms with Crippen molar-refractivity contribution in [2.24, 2.45) is 0 Å². The van der Waals surface area contributed by atoms with E-state index in [4.69, 9.17) is 5.11 Å². The zero-order valence-electron chi connectivity index (χ0n) is 11.2. The Morgan fingerprint density at radius 3 is 2.57 bits per heavy atom. The average Bonchev–Trinajstić information content (AvgIpc) is 2.36. The quantitative estimate of drug-likeness (QED) is 0.363. The van der Waals surface area contributed by atoms with Gasteiger partial charge in [0.2, 0.25) is 10.0 Å². The topological polar surface area (TPSA) is 139 Å². The first kappa shape index (κ1) is 16.9. The third kappa shape index (κ3) is 5.75. The van der Waals surface area contributed by atoms with E-state index in [9.17, 15) is 23.3 Å². The molecule has 0 saturated carbocycles. The SMILES string of the molecule is CS(=O)(=O)NCCCNc1cc([N+](=O)[O-])ccc1C(=O)O. The summed E-state index contributed by atoms with van der Waals surface area (Å²) in [6.07, 6.45) is 1.43. The minimum absolute atomic E-state index is 0.0864. The molecule has 116 valence electrons. The molecule has 1 aromatic rings. The molecule has 0 saturated heterocycles. The Bertz CT molecular complexity index is 643. The summed E-state index contributed by atoms with van der Waals surface area (Å²) in [6, 6.07) is 3.39. The summed E-state index contributed by atoms with van der Waals surface area (Å²) in [5.74, 6) is -1.21. The van der Waals surface area contributed by atoms with Gasteiger partial charge in [-0.25, -0.2) is 17.9 Å². The Hall–Kier alpha value is -2.20. The Morgan fingerprint density at radius 1 is 1.38 bits per heavy atom. The molecule has 3 N–H and O–H groups in total. The smallest absolute Gasteiger partial charge is 0.337 e. The minimum Gasteiger partial charge on any atom is -0.478 e. The van der Waals surface area contributed by atoms with Crippen molar-refractivity contribution in [3.8, 4) is 0 Å². The molecule has 1 aromatic carbocycles. The fourth-order valence-electron chi connectivity index (χ4n) is 1.55. The first-order valence-electron chi connectivity index (χ1n) is 5.91. The number of nitrogens with one attached hydrogen (secondary N) is 2. The maximum atomic E-state index is 11.0. The van der Waals surface area contributed by atoms with Crippen LogP contribution in [0.4, 0.5) is 11.4 Å². The van der Waals surface area contributed by atoms with Crippen molar-refractivity contribution in [2.75, 3.05) is 24.7 Å². The van der Waals surface area contributed by atoms with E-state index in [2.05, 4.69) is 10.0 Å². The number of anilines is 1. The third-order valence-electron chi connectivity index (χ3n) is 2.48. The molecule has 0 unspecified atom stereocenters. The maximum Gasteiger partial charge on any atom is 0.337 e. The molecular formula is C11H15N3O6S. The summed E-state index contributed by atoms with van der Waals surface area (Å²) in [5.41, 5.74) is -0.190. The number of nitrogens with zero attached hydrogens (tertiary/aromatic N) is 1. The van der Waals surface area contributed by atoms with E-state index in [1.54, 1.807) is 0 Å². The Kier molecular flexibility index (Phi) is 5.61. The number of nitro groups is 1. The molecule has 0 aliphatic heterocycles. The fraction of sp³-hybridized carbons (Fsp3) is 0.364. The maximum absolute atomic E-state index is 11.0. The van der Waals surface area contributed by atoms with Gasteiger partial charge in [-0.05, 0) is 12.5 Å². The number of carbonyl (C=O) groups is 1. The van der Waals surface area contributed by atoms with Crippen LogP contribution in [-0.2, 0) is 10.0 Å². The fourth-order valence-corrected chi connectivity index (χ4v) is 2.06. The minimum atomic E-state index is -3.27. The largest absolute Gasteiger partial charge is 0.478 e. The van der Waals surface area contributed by atoms with Gasteiger partial charge in [0.15, 0.2) is 0 Å². The van der Waals surface area contributed by atoms with Crippen molar-refractivity contribution < 1.29 is 23.2 Å². The van der Waals surface area contributed by atoms with E-state index in [0.29, 0.717) is 6.42 Å². The number of carboxylic acid groups (broad SMARTS) is 1. The number of hydrogen-bond acceptors (Lipinski definition) is 6. The molecule has 0 heterocycles. The third-order valence-corrected chi connectivity index (χ3v) is 3.21. The standard InChI is InChI=1S/C11H15N3O6S/c1-21(19,20)13-6-2-5-12-10-7-8(14(17)18)3-4-9(10)11(15)16/h3-4,7,12-13H,2,5-6H2,1H3,(H,15,16). The van der Waals surface area contributed by atoms with E-state index in [0.717, 1.165) is 24.5 Å². The summed E-state index contributed by atoms with van der Waals surface area (Å²) in [6.45, 7) is 0.452. The molecule has 0 atom stereocenters. The second kappa shape index (κ2) is 6.99. The van der Waals surface area contributed by atoms with Crippen LogP contribution in [0.15, 0.2) is 18.2 Å². The van der Waals surface area contributed by atoms with Gasteiger partial charge in [0.25, 0.3) is 5.69 Å². The molecule has 0 spiro atoms. The van der Waals surface area contributed by atoms with Crippen molar-refractivity contribution in [3.05, 3.63) is 33.9 Å². The molecule has 9 nitrogen and oxygen atoms in total. The summed E-state index contributed by atoms with van der Waals surface area (Å²) < 4.78 is 24.0. The van der Waals surface area contributed by atoms with E-state index >= 15 is 0 Å². The van der Waals surface area contributed by atoms with Gasteiger partial charge in [0.05, 0.1) is 22.4 Å². The summed E-state index contributed by atoms with van der Waals surface area (Å²) in [4.78, 5) is 21.1. The number of nitro benzene ring substituents is 1. The lowest BCUT2D eigenvalue weighted by atomic mass is 10.1. The number of aromatic carboxylic acids is 1. The monoisotopic (exact) mass is 317 g/mol. The summed E-state index contributed by atoms with van der Waals surface area (Å²) in [5, 5.41) is 22.4. The van der Waals surface area contributed by atoms with Crippen LogP contribution >= 0.6 is 0 Å². The number of hydrogen-bond donors (Lipinski definition) is 3. The molecular weight excluding hydrogens is 302 g/mol. The van der Waals surface area contributed by atoms with Crippen LogP contribution in [0.2, 0.25) is 0 Å². The van der Waals surface area contributed by atoms with E-state index in [-0.39, 0.29) is 30.0 Å². The number of carboxylic acids is 1. The molecule has 1 rings (SSSR count).